The van der Waals surface area contributed by atoms with E-state index in [9.17, 15) is 4.79 Å². The summed E-state index contributed by atoms with van der Waals surface area (Å²) in [5.41, 5.74) is 1.57. The Labute approximate surface area is 128 Å². The number of hydrogen-bond acceptors (Lipinski definition) is 1. The molecule has 1 saturated heterocycles. The van der Waals surface area contributed by atoms with Crippen LogP contribution in [0, 0.1) is 11.3 Å². The van der Waals surface area contributed by atoms with Crippen LogP contribution in [0.3, 0.4) is 0 Å². The van der Waals surface area contributed by atoms with Gasteiger partial charge in [0, 0.05) is 12.5 Å². The van der Waals surface area contributed by atoms with Gasteiger partial charge < -0.3 is 5.32 Å². The van der Waals surface area contributed by atoms with Crippen molar-refractivity contribution in [2.24, 2.45) is 11.3 Å². The fourth-order valence-corrected chi connectivity index (χ4v) is 4.40. The Hall–Kier alpha value is -1.31. The summed E-state index contributed by atoms with van der Waals surface area (Å²) in [7, 11) is 0. The number of hydrogen-bond donors (Lipinski definition) is 1. The zero-order chi connectivity index (χ0) is 14.7. The van der Waals surface area contributed by atoms with Crippen LogP contribution in [0.25, 0.3) is 0 Å². The van der Waals surface area contributed by atoms with Crippen LogP contribution in [0.1, 0.15) is 57.4 Å². The van der Waals surface area contributed by atoms with Crippen LogP contribution in [0.5, 0.6) is 0 Å². The summed E-state index contributed by atoms with van der Waals surface area (Å²) < 4.78 is 0. The highest BCUT2D eigenvalue weighted by Gasteiger charge is 2.46. The van der Waals surface area contributed by atoms with Gasteiger partial charge in [-0.2, -0.15) is 0 Å². The topological polar surface area (TPSA) is 29.1 Å². The van der Waals surface area contributed by atoms with Gasteiger partial charge in [0.1, 0.15) is 0 Å². The van der Waals surface area contributed by atoms with Crippen LogP contribution >= 0.6 is 0 Å². The minimum Gasteiger partial charge on any atom is -0.352 e. The average molecular weight is 285 g/mol. The number of amides is 1. The molecule has 1 aliphatic heterocycles. The summed E-state index contributed by atoms with van der Waals surface area (Å²) in [5, 5.41) is 3.28. The van der Waals surface area contributed by atoms with E-state index in [-0.39, 0.29) is 11.3 Å². The molecule has 3 unspecified atom stereocenters. The first-order valence-corrected chi connectivity index (χ1v) is 8.55. The molecule has 3 rings (SSSR count). The first-order chi connectivity index (χ1) is 10.2. The molecule has 1 aliphatic carbocycles. The van der Waals surface area contributed by atoms with E-state index in [0.29, 0.717) is 6.04 Å². The van der Waals surface area contributed by atoms with Crippen molar-refractivity contribution in [3.63, 3.8) is 0 Å². The molecule has 0 bridgehead atoms. The van der Waals surface area contributed by atoms with Gasteiger partial charge in [0.15, 0.2) is 0 Å². The molecule has 0 radical (unpaired) electrons. The fraction of sp³-hybridized carbons (Fsp3) is 0.632. The maximum absolute atomic E-state index is 12.1. The fourth-order valence-electron chi connectivity index (χ4n) is 4.40. The highest BCUT2D eigenvalue weighted by Crippen LogP contribution is 2.46. The summed E-state index contributed by atoms with van der Waals surface area (Å²) in [6.07, 6.45) is 9.42. The molecular formula is C19H27NO. The van der Waals surface area contributed by atoms with Crippen molar-refractivity contribution >= 4 is 5.91 Å². The van der Waals surface area contributed by atoms with Crippen LogP contribution in [0.4, 0.5) is 0 Å². The Morgan fingerprint density at radius 1 is 1.19 bits per heavy atom. The monoisotopic (exact) mass is 285 g/mol. The van der Waals surface area contributed by atoms with Gasteiger partial charge in [-0.3, -0.25) is 4.79 Å². The first kappa shape index (κ1) is 14.6. The van der Waals surface area contributed by atoms with Gasteiger partial charge in [-0.15, -0.1) is 0 Å². The summed E-state index contributed by atoms with van der Waals surface area (Å²) in [5.74, 6) is 1.14. The Morgan fingerprint density at radius 3 is 2.76 bits per heavy atom. The molecule has 1 saturated carbocycles. The van der Waals surface area contributed by atoms with Crippen LogP contribution in [-0.4, -0.2) is 11.9 Å². The zero-order valence-corrected chi connectivity index (χ0v) is 13.1. The molecule has 114 valence electrons. The van der Waals surface area contributed by atoms with Crippen LogP contribution in [-0.2, 0) is 11.2 Å². The average Bonchev–Trinajstić information content (AvgIpc) is 2.67. The molecule has 1 N–H and O–H groups in total. The zero-order valence-electron chi connectivity index (χ0n) is 13.1. The Kier molecular flexibility index (Phi) is 4.32. The van der Waals surface area contributed by atoms with Gasteiger partial charge in [0.05, 0.1) is 0 Å². The number of nitrogens with one attached hydrogen (secondary N) is 1. The van der Waals surface area contributed by atoms with Crippen LogP contribution in [0.15, 0.2) is 30.3 Å². The minimum absolute atomic E-state index is 0.219. The Bertz CT molecular complexity index is 484. The van der Waals surface area contributed by atoms with Gasteiger partial charge in [-0.05, 0) is 42.6 Å². The lowest BCUT2D eigenvalue weighted by atomic mass is 9.72. The summed E-state index contributed by atoms with van der Waals surface area (Å²) in [6, 6.07) is 11.0. The molecule has 1 heterocycles. The molecule has 2 heteroatoms. The van der Waals surface area contributed by atoms with E-state index in [0.717, 1.165) is 18.8 Å². The number of benzene rings is 1. The summed E-state index contributed by atoms with van der Waals surface area (Å²) in [6.45, 7) is 2.31. The van der Waals surface area contributed by atoms with Crippen LogP contribution in [0.2, 0.25) is 0 Å². The van der Waals surface area contributed by atoms with E-state index in [1.165, 1.54) is 44.1 Å². The molecule has 2 nitrogen and oxygen atoms in total. The minimum atomic E-state index is 0.219. The van der Waals surface area contributed by atoms with Crippen molar-refractivity contribution in [3.05, 3.63) is 35.9 Å². The number of rotatable bonds is 3. The lowest BCUT2D eigenvalue weighted by Crippen LogP contribution is -2.38. The molecular weight excluding hydrogens is 258 g/mol. The lowest BCUT2D eigenvalue weighted by Gasteiger charge is -2.33. The number of carbonyl (C=O) groups is 1. The first-order valence-electron chi connectivity index (χ1n) is 8.55. The second-order valence-corrected chi connectivity index (χ2v) is 7.05. The highest BCUT2D eigenvalue weighted by atomic mass is 16.2. The third-order valence-electron chi connectivity index (χ3n) is 5.78. The van der Waals surface area contributed by atoms with Crippen LogP contribution < -0.4 is 5.32 Å². The predicted molar refractivity (Wildman–Crippen MR) is 86.0 cm³/mol. The Balaban J connectivity index is 1.76. The quantitative estimate of drug-likeness (QED) is 0.890. The number of carbonyl (C=O) groups excluding carboxylic acids is 1. The molecule has 1 amide bonds. The molecule has 2 aliphatic rings. The van der Waals surface area contributed by atoms with E-state index in [2.05, 4.69) is 42.6 Å². The largest absolute Gasteiger partial charge is 0.352 e. The van der Waals surface area contributed by atoms with Crippen molar-refractivity contribution in [1.29, 1.82) is 0 Å². The second kappa shape index (κ2) is 6.21. The van der Waals surface area contributed by atoms with E-state index in [1.54, 1.807) is 0 Å². The molecule has 1 aromatic carbocycles. The smallest absolute Gasteiger partial charge is 0.220 e. The van der Waals surface area contributed by atoms with E-state index in [4.69, 9.17) is 0 Å². The predicted octanol–water partition coefficient (Wildman–Crippen LogP) is 4.09. The SMILES string of the molecule is CCC1CCCC2(CC1)CC(=O)NC2Cc1ccccc1. The lowest BCUT2D eigenvalue weighted by molar-refractivity contribution is -0.119. The van der Waals surface area contributed by atoms with E-state index >= 15 is 0 Å². The van der Waals surface area contributed by atoms with Crippen molar-refractivity contribution in [1.82, 2.24) is 5.32 Å². The molecule has 0 aromatic heterocycles. The van der Waals surface area contributed by atoms with Gasteiger partial charge in [0.25, 0.3) is 0 Å². The summed E-state index contributed by atoms with van der Waals surface area (Å²) in [4.78, 5) is 12.1. The normalized spacial score (nSPS) is 32.9. The van der Waals surface area contributed by atoms with Gasteiger partial charge in [-0.25, -0.2) is 0 Å². The summed E-state index contributed by atoms with van der Waals surface area (Å²) >= 11 is 0. The Morgan fingerprint density at radius 2 is 2.00 bits per heavy atom. The highest BCUT2D eigenvalue weighted by molar-refractivity contribution is 5.80. The standard InChI is InChI=1S/C19H27NO/c1-2-15-9-6-11-19(12-10-15)14-18(21)20-17(19)13-16-7-4-3-5-8-16/h3-5,7-8,15,17H,2,6,9-14H2,1H3,(H,20,21). The molecule has 3 atom stereocenters. The maximum Gasteiger partial charge on any atom is 0.220 e. The molecule has 2 fully saturated rings. The van der Waals surface area contributed by atoms with Crippen molar-refractivity contribution in [2.45, 2.75) is 64.3 Å². The molecule has 1 aromatic rings. The van der Waals surface area contributed by atoms with E-state index < -0.39 is 0 Å². The van der Waals surface area contributed by atoms with Gasteiger partial charge in [0.2, 0.25) is 5.91 Å². The third kappa shape index (κ3) is 3.14. The second-order valence-electron chi connectivity index (χ2n) is 7.05. The van der Waals surface area contributed by atoms with E-state index in [1.807, 2.05) is 0 Å². The third-order valence-corrected chi connectivity index (χ3v) is 5.78. The van der Waals surface area contributed by atoms with Gasteiger partial charge in [-0.1, -0.05) is 56.5 Å². The molecule has 21 heavy (non-hydrogen) atoms. The molecule has 1 spiro atoms. The van der Waals surface area contributed by atoms with Gasteiger partial charge >= 0.3 is 0 Å². The maximum atomic E-state index is 12.1. The van der Waals surface area contributed by atoms with Crippen molar-refractivity contribution in [3.8, 4) is 0 Å². The van der Waals surface area contributed by atoms with Crippen molar-refractivity contribution < 1.29 is 4.79 Å². The van der Waals surface area contributed by atoms with Crippen molar-refractivity contribution in [2.75, 3.05) is 0 Å².